The molecule has 1 fully saturated rings. The number of imidazole rings is 1. The van der Waals surface area contributed by atoms with E-state index in [1.807, 2.05) is 23.1 Å². The Kier molecular flexibility index (Phi) is 5.19. The monoisotopic (exact) mass is 411 g/mol. The van der Waals surface area contributed by atoms with Gasteiger partial charge >= 0.3 is 11.7 Å². The number of fused-ring (bicyclic) bond motifs is 1. The van der Waals surface area contributed by atoms with Gasteiger partial charge in [-0.1, -0.05) is 30.3 Å². The van der Waals surface area contributed by atoms with Crippen LogP contribution in [0.1, 0.15) is 18.4 Å². The highest BCUT2D eigenvalue weighted by Crippen LogP contribution is 2.27. The van der Waals surface area contributed by atoms with Crippen LogP contribution in [0.2, 0.25) is 0 Å². The van der Waals surface area contributed by atoms with Crippen LogP contribution in [0.5, 0.6) is 0 Å². The summed E-state index contributed by atoms with van der Waals surface area (Å²) in [5, 5.41) is 9.41. The van der Waals surface area contributed by atoms with Crippen molar-refractivity contribution in [1.82, 2.24) is 18.7 Å². The number of nitrogens with zero attached hydrogens (tertiary/aromatic N) is 5. The lowest BCUT2D eigenvalue weighted by Crippen LogP contribution is -2.38. The number of carboxylic acids is 1. The molecular formula is C21H25N5O4. The Morgan fingerprint density at radius 1 is 1.10 bits per heavy atom. The van der Waals surface area contributed by atoms with Gasteiger partial charge in [-0.2, -0.15) is 4.98 Å². The van der Waals surface area contributed by atoms with Crippen molar-refractivity contribution in [3.63, 3.8) is 0 Å². The summed E-state index contributed by atoms with van der Waals surface area (Å²) in [6.45, 7) is 1.05. The van der Waals surface area contributed by atoms with Gasteiger partial charge in [-0.3, -0.25) is 23.3 Å². The molecule has 0 unspecified atom stereocenters. The average Bonchev–Trinajstić information content (AvgIpc) is 3.10. The van der Waals surface area contributed by atoms with E-state index in [9.17, 15) is 19.5 Å². The summed E-state index contributed by atoms with van der Waals surface area (Å²) >= 11 is 0. The van der Waals surface area contributed by atoms with E-state index >= 15 is 0 Å². The second-order valence-corrected chi connectivity index (χ2v) is 7.89. The summed E-state index contributed by atoms with van der Waals surface area (Å²) in [5.74, 6) is -0.0903. The maximum absolute atomic E-state index is 12.7. The van der Waals surface area contributed by atoms with Gasteiger partial charge in [-0.15, -0.1) is 0 Å². The summed E-state index contributed by atoms with van der Waals surface area (Å²) < 4.78 is 3.70. The molecule has 1 N–H and O–H groups in total. The highest BCUT2D eigenvalue weighted by Gasteiger charge is 2.27. The highest BCUT2D eigenvalue weighted by atomic mass is 16.4. The first-order valence-electron chi connectivity index (χ1n) is 10.0. The van der Waals surface area contributed by atoms with Crippen molar-refractivity contribution < 1.29 is 9.90 Å². The maximum atomic E-state index is 12.7. The number of aliphatic carboxylic acids is 1. The number of hydrogen-bond donors (Lipinski definition) is 1. The molecule has 1 aromatic carbocycles. The molecule has 2 aromatic heterocycles. The third-order valence-electron chi connectivity index (χ3n) is 5.89. The molecule has 0 aliphatic carbocycles. The fourth-order valence-corrected chi connectivity index (χ4v) is 4.25. The molecule has 1 saturated heterocycles. The van der Waals surface area contributed by atoms with E-state index in [-0.39, 0.29) is 17.7 Å². The number of aryl methyl sites for hydroxylation is 1. The predicted octanol–water partition coefficient (Wildman–Crippen LogP) is 0.977. The molecule has 9 heteroatoms. The number of piperidine rings is 1. The first-order chi connectivity index (χ1) is 14.4. The van der Waals surface area contributed by atoms with E-state index in [1.54, 1.807) is 0 Å². The summed E-state index contributed by atoms with van der Waals surface area (Å²) in [7, 11) is 2.93. The number of aromatic nitrogens is 4. The minimum absolute atomic E-state index is 0.142. The standard InChI is InChI=1S/C21H25N5O4/c1-23-18-17(19(29)24(2)21(23)30)26(13-16(27)28)20(22-18)25-10-8-15(9-11-25)12-14-6-4-3-5-7-14/h3-7,15H,8-13H2,1-2H3,(H,27,28). The minimum Gasteiger partial charge on any atom is -0.480 e. The Bertz CT molecular complexity index is 1200. The van der Waals surface area contributed by atoms with Crippen LogP contribution in [0, 0.1) is 5.92 Å². The van der Waals surface area contributed by atoms with Crippen molar-refractivity contribution >= 4 is 23.1 Å². The molecule has 0 atom stereocenters. The van der Waals surface area contributed by atoms with Crippen molar-refractivity contribution in [2.45, 2.75) is 25.8 Å². The van der Waals surface area contributed by atoms with Crippen LogP contribution in [0.25, 0.3) is 11.2 Å². The zero-order valence-corrected chi connectivity index (χ0v) is 17.1. The smallest absolute Gasteiger partial charge is 0.332 e. The van der Waals surface area contributed by atoms with Gasteiger partial charge in [0.25, 0.3) is 5.56 Å². The van der Waals surface area contributed by atoms with Gasteiger partial charge in [0.2, 0.25) is 5.95 Å². The van der Waals surface area contributed by atoms with Gasteiger partial charge in [0.1, 0.15) is 6.54 Å². The zero-order valence-electron chi connectivity index (χ0n) is 17.1. The van der Waals surface area contributed by atoms with E-state index in [2.05, 4.69) is 17.1 Å². The molecule has 30 heavy (non-hydrogen) atoms. The van der Waals surface area contributed by atoms with Crippen molar-refractivity contribution in [2.75, 3.05) is 18.0 Å². The number of carboxylic acid groups (broad SMARTS) is 1. The molecule has 9 nitrogen and oxygen atoms in total. The number of hydrogen-bond acceptors (Lipinski definition) is 5. The molecule has 0 saturated carbocycles. The topological polar surface area (TPSA) is 102 Å². The van der Waals surface area contributed by atoms with Crippen molar-refractivity contribution in [2.24, 2.45) is 20.0 Å². The van der Waals surface area contributed by atoms with Crippen LogP contribution in [0.15, 0.2) is 39.9 Å². The molecule has 0 spiro atoms. The molecule has 0 amide bonds. The second-order valence-electron chi connectivity index (χ2n) is 7.89. The van der Waals surface area contributed by atoms with Gasteiger partial charge in [0.15, 0.2) is 11.2 Å². The van der Waals surface area contributed by atoms with Gasteiger partial charge in [0, 0.05) is 27.2 Å². The van der Waals surface area contributed by atoms with E-state index < -0.39 is 17.2 Å². The lowest BCUT2D eigenvalue weighted by atomic mass is 9.90. The Balaban J connectivity index is 1.66. The summed E-state index contributed by atoms with van der Waals surface area (Å²) in [6, 6.07) is 10.4. The molecule has 158 valence electrons. The van der Waals surface area contributed by atoms with Crippen LogP contribution in [0.3, 0.4) is 0 Å². The van der Waals surface area contributed by atoms with E-state index in [1.165, 1.54) is 28.8 Å². The van der Waals surface area contributed by atoms with Crippen molar-refractivity contribution in [3.8, 4) is 0 Å². The highest BCUT2D eigenvalue weighted by molar-refractivity contribution is 5.78. The lowest BCUT2D eigenvalue weighted by molar-refractivity contribution is -0.137. The van der Waals surface area contributed by atoms with Crippen molar-refractivity contribution in [1.29, 1.82) is 0 Å². The second kappa shape index (κ2) is 7.81. The fourth-order valence-electron chi connectivity index (χ4n) is 4.25. The van der Waals surface area contributed by atoms with Crippen molar-refractivity contribution in [3.05, 3.63) is 56.7 Å². The number of rotatable bonds is 5. The van der Waals surface area contributed by atoms with Gasteiger partial charge in [0.05, 0.1) is 0 Å². The summed E-state index contributed by atoms with van der Waals surface area (Å²) in [6.07, 6.45) is 2.90. The fraction of sp³-hybridized carbons (Fsp3) is 0.429. The first kappa shape index (κ1) is 19.9. The lowest BCUT2D eigenvalue weighted by Gasteiger charge is -2.33. The Labute approximate surface area is 172 Å². The van der Waals surface area contributed by atoms with Crippen LogP contribution in [0.4, 0.5) is 5.95 Å². The zero-order chi connectivity index (χ0) is 21.4. The molecule has 4 rings (SSSR count). The predicted molar refractivity (Wildman–Crippen MR) is 113 cm³/mol. The van der Waals surface area contributed by atoms with Crippen LogP contribution in [-0.4, -0.2) is 42.9 Å². The minimum atomic E-state index is -1.06. The van der Waals surface area contributed by atoms with E-state index in [4.69, 9.17) is 0 Å². The first-order valence-corrected chi connectivity index (χ1v) is 10.0. The Hall–Kier alpha value is -3.36. The molecule has 3 aromatic rings. The maximum Gasteiger partial charge on any atom is 0.332 e. The molecule has 0 radical (unpaired) electrons. The number of anilines is 1. The molecule has 3 heterocycles. The third kappa shape index (κ3) is 3.51. The van der Waals surface area contributed by atoms with E-state index in [0.29, 0.717) is 25.0 Å². The third-order valence-corrected chi connectivity index (χ3v) is 5.89. The molecular weight excluding hydrogens is 386 g/mol. The molecule has 1 aliphatic heterocycles. The average molecular weight is 411 g/mol. The SMILES string of the molecule is Cn1c(=O)c2c(nc(N3CCC(Cc4ccccc4)CC3)n2CC(=O)O)n(C)c1=O. The van der Waals surface area contributed by atoms with Crippen LogP contribution in [-0.2, 0) is 31.9 Å². The van der Waals surface area contributed by atoms with Gasteiger partial charge in [-0.25, -0.2) is 4.79 Å². The number of carbonyl (C=O) groups is 1. The quantitative estimate of drug-likeness (QED) is 0.671. The summed E-state index contributed by atoms with van der Waals surface area (Å²) in [5.41, 5.74) is 0.648. The summed E-state index contributed by atoms with van der Waals surface area (Å²) in [4.78, 5) is 43.1. The van der Waals surface area contributed by atoms with Gasteiger partial charge in [-0.05, 0) is 30.7 Å². The number of benzene rings is 1. The van der Waals surface area contributed by atoms with Crippen LogP contribution < -0.4 is 16.1 Å². The normalized spacial score (nSPS) is 15.1. The molecule has 0 bridgehead atoms. The van der Waals surface area contributed by atoms with E-state index in [0.717, 1.165) is 23.8 Å². The largest absolute Gasteiger partial charge is 0.480 e. The Morgan fingerprint density at radius 3 is 2.40 bits per heavy atom. The van der Waals surface area contributed by atoms with Gasteiger partial charge < -0.3 is 10.0 Å². The van der Waals surface area contributed by atoms with Crippen LogP contribution >= 0.6 is 0 Å². The molecule has 1 aliphatic rings. The Morgan fingerprint density at radius 2 is 1.77 bits per heavy atom.